The van der Waals surface area contributed by atoms with Crippen molar-refractivity contribution >= 4 is 0 Å². The van der Waals surface area contributed by atoms with E-state index in [1.165, 1.54) is 0 Å². The number of methoxy groups -OCH3 is 2. The van der Waals surface area contributed by atoms with Gasteiger partial charge in [0.2, 0.25) is 0 Å². The standard InChI is InChI=1S/C16H18O3/c1-10-5-6-12(14(8-10)18-3)13-7-11(2)9-15(19-4)16(13)17/h5-9,17H,1-4H3. The molecule has 0 bridgehead atoms. The molecule has 1 N–H and O–H groups in total. The number of aryl methyl sites for hydroxylation is 2. The maximum atomic E-state index is 10.3. The fraction of sp³-hybridized carbons (Fsp3) is 0.250. The molecular formula is C16H18O3. The van der Waals surface area contributed by atoms with E-state index in [2.05, 4.69) is 0 Å². The van der Waals surface area contributed by atoms with E-state index in [-0.39, 0.29) is 5.75 Å². The van der Waals surface area contributed by atoms with Gasteiger partial charge in [-0.05, 0) is 43.2 Å². The van der Waals surface area contributed by atoms with Crippen LogP contribution in [0.25, 0.3) is 11.1 Å². The van der Waals surface area contributed by atoms with Crippen LogP contribution >= 0.6 is 0 Å². The molecule has 2 aromatic carbocycles. The van der Waals surface area contributed by atoms with Gasteiger partial charge in [0.25, 0.3) is 0 Å². The minimum atomic E-state index is 0.134. The SMILES string of the molecule is COc1cc(C)ccc1-c1cc(C)cc(OC)c1O. The van der Waals surface area contributed by atoms with E-state index in [4.69, 9.17) is 9.47 Å². The fourth-order valence-corrected chi connectivity index (χ4v) is 2.13. The molecule has 0 aliphatic rings. The van der Waals surface area contributed by atoms with Gasteiger partial charge >= 0.3 is 0 Å². The van der Waals surface area contributed by atoms with Gasteiger partial charge in [-0.15, -0.1) is 0 Å². The van der Waals surface area contributed by atoms with Gasteiger partial charge in [-0.2, -0.15) is 0 Å². The van der Waals surface area contributed by atoms with Gasteiger partial charge in [0.1, 0.15) is 5.75 Å². The minimum absolute atomic E-state index is 0.134. The summed E-state index contributed by atoms with van der Waals surface area (Å²) in [5.41, 5.74) is 3.70. The third kappa shape index (κ3) is 2.50. The van der Waals surface area contributed by atoms with Crippen molar-refractivity contribution in [1.29, 1.82) is 0 Å². The molecule has 0 aliphatic carbocycles. The summed E-state index contributed by atoms with van der Waals surface area (Å²) < 4.78 is 10.6. The largest absolute Gasteiger partial charge is 0.504 e. The Hall–Kier alpha value is -2.16. The van der Waals surface area contributed by atoms with Crippen LogP contribution in [0.3, 0.4) is 0 Å². The normalized spacial score (nSPS) is 10.3. The molecule has 0 atom stereocenters. The van der Waals surface area contributed by atoms with Crippen LogP contribution in [-0.4, -0.2) is 19.3 Å². The first-order chi connectivity index (χ1) is 9.06. The van der Waals surface area contributed by atoms with Crippen LogP contribution in [-0.2, 0) is 0 Å². The number of hydrogen-bond acceptors (Lipinski definition) is 3. The number of aromatic hydroxyl groups is 1. The van der Waals surface area contributed by atoms with E-state index in [1.54, 1.807) is 20.3 Å². The topological polar surface area (TPSA) is 38.7 Å². The third-order valence-electron chi connectivity index (χ3n) is 3.09. The molecule has 0 unspecified atom stereocenters. The molecule has 19 heavy (non-hydrogen) atoms. The first kappa shape index (κ1) is 13.3. The Morgan fingerprint density at radius 3 is 2.05 bits per heavy atom. The Morgan fingerprint density at radius 2 is 1.42 bits per heavy atom. The molecule has 0 spiro atoms. The lowest BCUT2D eigenvalue weighted by molar-refractivity contribution is 0.373. The molecule has 0 amide bonds. The molecule has 3 heteroatoms. The van der Waals surface area contributed by atoms with E-state index in [0.29, 0.717) is 11.3 Å². The number of phenolic OH excluding ortho intramolecular Hbond substituents is 1. The lowest BCUT2D eigenvalue weighted by Gasteiger charge is -2.14. The molecule has 0 saturated carbocycles. The maximum Gasteiger partial charge on any atom is 0.165 e. The minimum Gasteiger partial charge on any atom is -0.504 e. The van der Waals surface area contributed by atoms with Crippen molar-refractivity contribution in [1.82, 2.24) is 0 Å². The van der Waals surface area contributed by atoms with E-state index in [9.17, 15) is 5.11 Å². The summed E-state index contributed by atoms with van der Waals surface area (Å²) in [5, 5.41) is 10.3. The van der Waals surface area contributed by atoms with Crippen LogP contribution in [0.15, 0.2) is 30.3 Å². The number of phenols is 1. The van der Waals surface area contributed by atoms with Gasteiger partial charge < -0.3 is 14.6 Å². The third-order valence-corrected chi connectivity index (χ3v) is 3.09. The lowest BCUT2D eigenvalue weighted by atomic mass is 9.99. The second-order valence-electron chi connectivity index (χ2n) is 4.57. The summed E-state index contributed by atoms with van der Waals surface area (Å²) in [5.74, 6) is 1.34. The van der Waals surface area contributed by atoms with E-state index in [0.717, 1.165) is 22.4 Å². The van der Waals surface area contributed by atoms with Crippen LogP contribution in [0.1, 0.15) is 11.1 Å². The Morgan fingerprint density at radius 1 is 0.789 bits per heavy atom. The van der Waals surface area contributed by atoms with Crippen molar-refractivity contribution < 1.29 is 14.6 Å². The molecule has 100 valence electrons. The van der Waals surface area contributed by atoms with Crippen molar-refractivity contribution in [2.75, 3.05) is 14.2 Å². The van der Waals surface area contributed by atoms with Crippen LogP contribution in [0, 0.1) is 13.8 Å². The second-order valence-corrected chi connectivity index (χ2v) is 4.57. The average Bonchev–Trinajstić information content (AvgIpc) is 2.41. The van der Waals surface area contributed by atoms with Gasteiger partial charge in [0.15, 0.2) is 11.5 Å². The molecule has 0 aliphatic heterocycles. The predicted octanol–water partition coefficient (Wildman–Crippen LogP) is 3.69. The molecule has 0 saturated heterocycles. The highest BCUT2D eigenvalue weighted by atomic mass is 16.5. The van der Waals surface area contributed by atoms with Crippen molar-refractivity contribution in [2.45, 2.75) is 13.8 Å². The Balaban J connectivity index is 2.68. The zero-order chi connectivity index (χ0) is 14.0. The van der Waals surface area contributed by atoms with E-state index < -0.39 is 0 Å². The Kier molecular flexibility index (Phi) is 3.65. The molecule has 0 heterocycles. The van der Waals surface area contributed by atoms with Crippen LogP contribution in [0.4, 0.5) is 0 Å². The van der Waals surface area contributed by atoms with E-state index >= 15 is 0 Å². The second kappa shape index (κ2) is 5.22. The summed E-state index contributed by atoms with van der Waals surface area (Å²) in [6, 6.07) is 9.61. The highest BCUT2D eigenvalue weighted by molar-refractivity contribution is 5.79. The first-order valence-electron chi connectivity index (χ1n) is 6.09. The smallest absolute Gasteiger partial charge is 0.165 e. The predicted molar refractivity (Wildman–Crippen MR) is 76.1 cm³/mol. The highest BCUT2D eigenvalue weighted by Crippen LogP contribution is 2.42. The molecule has 2 rings (SSSR count). The van der Waals surface area contributed by atoms with Crippen molar-refractivity contribution in [3.05, 3.63) is 41.5 Å². The monoisotopic (exact) mass is 258 g/mol. The van der Waals surface area contributed by atoms with Gasteiger partial charge in [-0.1, -0.05) is 12.1 Å². The van der Waals surface area contributed by atoms with Gasteiger partial charge in [-0.3, -0.25) is 0 Å². The number of hydrogen-bond donors (Lipinski definition) is 1. The summed E-state index contributed by atoms with van der Waals surface area (Å²) in [7, 11) is 3.17. The Bertz CT molecular complexity index is 603. The molecule has 0 aromatic heterocycles. The van der Waals surface area contributed by atoms with Crippen LogP contribution < -0.4 is 9.47 Å². The first-order valence-corrected chi connectivity index (χ1v) is 6.09. The van der Waals surface area contributed by atoms with Crippen molar-refractivity contribution in [2.24, 2.45) is 0 Å². The van der Waals surface area contributed by atoms with Crippen molar-refractivity contribution in [3.63, 3.8) is 0 Å². The summed E-state index contributed by atoms with van der Waals surface area (Å²) in [4.78, 5) is 0. The lowest BCUT2D eigenvalue weighted by Crippen LogP contribution is -1.92. The van der Waals surface area contributed by atoms with Gasteiger partial charge in [0, 0.05) is 11.1 Å². The number of rotatable bonds is 3. The molecule has 0 radical (unpaired) electrons. The molecule has 0 fully saturated rings. The van der Waals surface area contributed by atoms with Crippen molar-refractivity contribution in [3.8, 4) is 28.4 Å². The fourth-order valence-electron chi connectivity index (χ4n) is 2.13. The zero-order valence-corrected chi connectivity index (χ0v) is 11.7. The maximum absolute atomic E-state index is 10.3. The van der Waals surface area contributed by atoms with Gasteiger partial charge in [-0.25, -0.2) is 0 Å². The zero-order valence-electron chi connectivity index (χ0n) is 11.7. The molecule has 2 aromatic rings. The summed E-state index contributed by atoms with van der Waals surface area (Å²) >= 11 is 0. The van der Waals surface area contributed by atoms with E-state index in [1.807, 2.05) is 38.1 Å². The molecule has 3 nitrogen and oxygen atoms in total. The van der Waals surface area contributed by atoms with Crippen LogP contribution in [0.5, 0.6) is 17.2 Å². The van der Waals surface area contributed by atoms with Gasteiger partial charge in [0.05, 0.1) is 14.2 Å². The number of benzene rings is 2. The Labute approximate surface area is 113 Å². The number of ether oxygens (including phenoxy) is 2. The highest BCUT2D eigenvalue weighted by Gasteiger charge is 2.14. The summed E-state index contributed by atoms with van der Waals surface area (Å²) in [6.45, 7) is 3.97. The average molecular weight is 258 g/mol. The summed E-state index contributed by atoms with van der Waals surface area (Å²) in [6.07, 6.45) is 0. The quantitative estimate of drug-likeness (QED) is 0.912. The van der Waals surface area contributed by atoms with Crippen LogP contribution in [0.2, 0.25) is 0 Å². The molecular weight excluding hydrogens is 240 g/mol.